The van der Waals surface area contributed by atoms with Crippen LogP contribution in [0.4, 0.5) is 0 Å². The number of carbonyl (C=O) groups is 2. The summed E-state index contributed by atoms with van der Waals surface area (Å²) in [5.41, 5.74) is 2.13. The summed E-state index contributed by atoms with van der Waals surface area (Å²) in [6, 6.07) is 15.4. The van der Waals surface area contributed by atoms with Gasteiger partial charge in [0.05, 0.1) is 19.6 Å². The summed E-state index contributed by atoms with van der Waals surface area (Å²) in [5.74, 6) is 1.82. The fourth-order valence-electron chi connectivity index (χ4n) is 3.65. The molecule has 0 bridgehead atoms. The van der Waals surface area contributed by atoms with Crippen molar-refractivity contribution >= 4 is 11.7 Å². The molecule has 2 aromatic rings. The lowest BCUT2D eigenvalue weighted by molar-refractivity contribution is -0.122. The number of amides is 1. The predicted molar refractivity (Wildman–Crippen MR) is 112 cm³/mol. The number of Topliss-reactive ketones (excluding diaryl/α,β-unsaturated/α-hetero) is 1. The fourth-order valence-corrected chi connectivity index (χ4v) is 3.65. The third-order valence-electron chi connectivity index (χ3n) is 5.52. The monoisotopic (exact) mass is 395 g/mol. The van der Waals surface area contributed by atoms with Crippen molar-refractivity contribution in [2.24, 2.45) is 5.92 Å². The molecule has 1 saturated carbocycles. The molecule has 3 rings (SSSR count). The van der Waals surface area contributed by atoms with Gasteiger partial charge in [-0.1, -0.05) is 24.3 Å². The Morgan fingerprint density at radius 2 is 1.79 bits per heavy atom. The first-order valence-corrected chi connectivity index (χ1v) is 10.2. The summed E-state index contributed by atoms with van der Waals surface area (Å²) in [6.07, 6.45) is 3.55. The van der Waals surface area contributed by atoms with Crippen LogP contribution in [-0.2, 0) is 16.0 Å². The van der Waals surface area contributed by atoms with Crippen LogP contribution < -0.4 is 14.8 Å². The number of rotatable bonds is 9. The number of nitrogens with one attached hydrogen (secondary N) is 1. The smallest absolute Gasteiger partial charge is 0.227 e. The van der Waals surface area contributed by atoms with E-state index in [1.54, 1.807) is 7.11 Å². The van der Waals surface area contributed by atoms with E-state index in [-0.39, 0.29) is 17.7 Å². The molecular formula is C24H29NO4. The van der Waals surface area contributed by atoms with Crippen LogP contribution in [0.15, 0.2) is 48.5 Å². The van der Waals surface area contributed by atoms with Crippen LogP contribution >= 0.6 is 0 Å². The zero-order chi connectivity index (χ0) is 20.6. The van der Waals surface area contributed by atoms with E-state index in [1.807, 2.05) is 55.5 Å². The van der Waals surface area contributed by atoms with Crippen LogP contribution in [0.1, 0.15) is 43.2 Å². The van der Waals surface area contributed by atoms with Crippen molar-refractivity contribution in [3.63, 3.8) is 0 Å². The molecule has 0 aromatic heterocycles. The Kier molecular flexibility index (Phi) is 7.28. The Labute approximate surface area is 172 Å². The van der Waals surface area contributed by atoms with Crippen LogP contribution in [-0.4, -0.2) is 32.0 Å². The maximum Gasteiger partial charge on any atom is 0.227 e. The summed E-state index contributed by atoms with van der Waals surface area (Å²) in [7, 11) is 1.62. The molecule has 5 heteroatoms. The van der Waals surface area contributed by atoms with Gasteiger partial charge < -0.3 is 14.8 Å². The fraction of sp³-hybridized carbons (Fsp3) is 0.417. The van der Waals surface area contributed by atoms with Crippen molar-refractivity contribution in [2.45, 2.75) is 38.5 Å². The number of methoxy groups -OCH3 is 1. The molecule has 0 radical (unpaired) electrons. The van der Waals surface area contributed by atoms with Crippen molar-refractivity contribution < 1.29 is 19.1 Å². The molecule has 1 fully saturated rings. The molecule has 1 aliphatic carbocycles. The van der Waals surface area contributed by atoms with Gasteiger partial charge in [-0.25, -0.2) is 0 Å². The Morgan fingerprint density at radius 1 is 1.10 bits per heavy atom. The first kappa shape index (κ1) is 20.9. The second kappa shape index (κ2) is 10.1. The number of ether oxygens (including phenoxy) is 2. The largest absolute Gasteiger partial charge is 0.497 e. The molecule has 5 nitrogen and oxygen atoms in total. The molecular weight excluding hydrogens is 366 g/mol. The average molecular weight is 395 g/mol. The SMILES string of the molecule is COc1ccc(OCCNC(=O)[C@H](C)c2ccc(C[C@H]3CCCC3=O)cc2)cc1. The Bertz CT molecular complexity index is 814. The van der Waals surface area contributed by atoms with Gasteiger partial charge in [-0.15, -0.1) is 0 Å². The van der Waals surface area contributed by atoms with E-state index in [4.69, 9.17) is 9.47 Å². The lowest BCUT2D eigenvalue weighted by Crippen LogP contribution is -2.31. The summed E-state index contributed by atoms with van der Waals surface area (Å²) < 4.78 is 10.7. The minimum Gasteiger partial charge on any atom is -0.497 e. The summed E-state index contributed by atoms with van der Waals surface area (Å²) >= 11 is 0. The van der Waals surface area contributed by atoms with Gasteiger partial charge in [-0.2, -0.15) is 0 Å². The van der Waals surface area contributed by atoms with Gasteiger partial charge in [0.2, 0.25) is 5.91 Å². The van der Waals surface area contributed by atoms with E-state index in [0.29, 0.717) is 18.9 Å². The zero-order valence-electron chi connectivity index (χ0n) is 17.1. The molecule has 29 heavy (non-hydrogen) atoms. The molecule has 0 aliphatic heterocycles. The van der Waals surface area contributed by atoms with Gasteiger partial charge in [0, 0.05) is 12.3 Å². The second-order valence-corrected chi connectivity index (χ2v) is 7.54. The average Bonchev–Trinajstić information content (AvgIpc) is 3.16. The van der Waals surface area contributed by atoms with Gasteiger partial charge in [-0.05, 0) is 61.6 Å². The third kappa shape index (κ3) is 5.83. The molecule has 0 spiro atoms. The lowest BCUT2D eigenvalue weighted by atomic mass is 9.94. The number of hydrogen-bond donors (Lipinski definition) is 1. The molecule has 1 aliphatic rings. The molecule has 2 aromatic carbocycles. The van der Waals surface area contributed by atoms with Crippen molar-refractivity contribution in [1.29, 1.82) is 0 Å². The van der Waals surface area contributed by atoms with E-state index in [1.165, 1.54) is 0 Å². The van der Waals surface area contributed by atoms with Gasteiger partial charge in [-0.3, -0.25) is 9.59 Å². The van der Waals surface area contributed by atoms with Crippen molar-refractivity contribution in [1.82, 2.24) is 5.32 Å². The van der Waals surface area contributed by atoms with Crippen LogP contribution in [0.5, 0.6) is 11.5 Å². The van der Waals surface area contributed by atoms with E-state index in [9.17, 15) is 9.59 Å². The van der Waals surface area contributed by atoms with Gasteiger partial charge in [0.25, 0.3) is 0 Å². The van der Waals surface area contributed by atoms with Gasteiger partial charge in [0.15, 0.2) is 0 Å². The standard InChI is InChI=1S/C24H29NO4/c1-17(19-8-6-18(7-9-19)16-20-4-3-5-23(20)26)24(27)25-14-15-29-22-12-10-21(28-2)11-13-22/h6-13,17,20H,3-5,14-16H2,1-2H3,(H,25,27)/t17-,20-/m1/s1. The van der Waals surface area contributed by atoms with Crippen LogP contribution in [0.2, 0.25) is 0 Å². The normalized spacial score (nSPS) is 17.0. The maximum absolute atomic E-state index is 12.4. The third-order valence-corrected chi connectivity index (χ3v) is 5.52. The topological polar surface area (TPSA) is 64.6 Å². The number of carbonyl (C=O) groups excluding carboxylic acids is 2. The minimum atomic E-state index is -0.238. The molecule has 0 saturated heterocycles. The first-order chi connectivity index (χ1) is 14.1. The van der Waals surface area contributed by atoms with Crippen molar-refractivity contribution in [3.05, 3.63) is 59.7 Å². The Hall–Kier alpha value is -2.82. The van der Waals surface area contributed by atoms with E-state index in [0.717, 1.165) is 48.3 Å². The minimum absolute atomic E-state index is 0.0259. The van der Waals surface area contributed by atoms with Crippen LogP contribution in [0, 0.1) is 5.92 Å². The number of ketones is 1. The van der Waals surface area contributed by atoms with Crippen molar-refractivity contribution in [2.75, 3.05) is 20.3 Å². The number of hydrogen-bond acceptors (Lipinski definition) is 4. The van der Waals surface area contributed by atoms with Crippen molar-refractivity contribution in [3.8, 4) is 11.5 Å². The molecule has 1 amide bonds. The Morgan fingerprint density at radius 3 is 2.41 bits per heavy atom. The number of benzene rings is 2. The lowest BCUT2D eigenvalue weighted by Gasteiger charge is -2.14. The highest BCUT2D eigenvalue weighted by Gasteiger charge is 2.24. The quantitative estimate of drug-likeness (QED) is 0.654. The summed E-state index contributed by atoms with van der Waals surface area (Å²) in [4.78, 5) is 24.2. The Balaban J connectivity index is 1.42. The predicted octanol–water partition coefficient (Wildman–Crippen LogP) is 3.91. The molecule has 0 unspecified atom stereocenters. The highest BCUT2D eigenvalue weighted by molar-refractivity contribution is 5.83. The zero-order valence-corrected chi connectivity index (χ0v) is 17.1. The van der Waals surface area contributed by atoms with E-state index in [2.05, 4.69) is 5.32 Å². The highest BCUT2D eigenvalue weighted by Crippen LogP contribution is 2.26. The summed E-state index contributed by atoms with van der Waals surface area (Å²) in [5, 5.41) is 2.92. The molecule has 1 N–H and O–H groups in total. The van der Waals surface area contributed by atoms with Crippen LogP contribution in [0.3, 0.4) is 0 Å². The van der Waals surface area contributed by atoms with E-state index < -0.39 is 0 Å². The molecule has 0 heterocycles. The summed E-state index contributed by atoms with van der Waals surface area (Å²) in [6.45, 7) is 2.74. The van der Waals surface area contributed by atoms with E-state index >= 15 is 0 Å². The maximum atomic E-state index is 12.4. The molecule has 2 atom stereocenters. The second-order valence-electron chi connectivity index (χ2n) is 7.54. The van der Waals surface area contributed by atoms with Gasteiger partial charge >= 0.3 is 0 Å². The first-order valence-electron chi connectivity index (χ1n) is 10.2. The van der Waals surface area contributed by atoms with Crippen LogP contribution in [0.25, 0.3) is 0 Å². The highest BCUT2D eigenvalue weighted by atomic mass is 16.5. The van der Waals surface area contributed by atoms with Gasteiger partial charge in [0.1, 0.15) is 23.9 Å². The molecule has 154 valence electrons.